The Bertz CT molecular complexity index is 852. The third-order valence-electron chi connectivity index (χ3n) is 5.63. The Labute approximate surface area is 158 Å². The van der Waals surface area contributed by atoms with Crippen molar-refractivity contribution >= 4 is 21.5 Å². The first-order valence-corrected chi connectivity index (χ1v) is 11.3. The molecule has 8 nitrogen and oxygen atoms in total. The van der Waals surface area contributed by atoms with Crippen LogP contribution in [0.15, 0.2) is 15.0 Å². The largest absolute Gasteiger partial charge is 0.448 e. The van der Waals surface area contributed by atoms with Gasteiger partial charge in [0.2, 0.25) is 5.91 Å². The minimum absolute atomic E-state index is 0.0249. The molecule has 3 fully saturated rings. The lowest BCUT2D eigenvalue weighted by atomic mass is 9.94. The smallest absolute Gasteiger partial charge is 0.307 e. The number of rotatable bonds is 3. The molecule has 0 N–H and O–H groups in total. The van der Waals surface area contributed by atoms with Gasteiger partial charge < -0.3 is 14.1 Å². The topological polar surface area (TPSA) is 102 Å². The maximum absolute atomic E-state index is 13.0. The fourth-order valence-electron chi connectivity index (χ4n) is 3.70. The van der Waals surface area contributed by atoms with Gasteiger partial charge in [-0.15, -0.1) is 0 Å². The van der Waals surface area contributed by atoms with Crippen molar-refractivity contribution in [3.05, 3.63) is 17.8 Å². The molecule has 0 unspecified atom stereocenters. The second-order valence-corrected chi connectivity index (χ2v) is 10.4. The first-order chi connectivity index (χ1) is 12.9. The fraction of sp³-hybridized carbons (Fsp3) is 0.722. The van der Waals surface area contributed by atoms with Crippen LogP contribution in [0.1, 0.15) is 49.0 Å². The molecule has 0 bridgehead atoms. The molecule has 2 aliphatic heterocycles. The predicted molar refractivity (Wildman–Crippen MR) is 97.7 cm³/mol. The maximum atomic E-state index is 13.0. The molecule has 4 rings (SSSR count). The van der Waals surface area contributed by atoms with Crippen molar-refractivity contribution in [2.24, 2.45) is 10.3 Å². The lowest BCUT2D eigenvalue weighted by molar-refractivity contribution is -0.150. The number of aromatic nitrogens is 1. The van der Waals surface area contributed by atoms with E-state index in [1.54, 1.807) is 11.8 Å². The Morgan fingerprint density at radius 3 is 2.78 bits per heavy atom. The fourth-order valence-corrected chi connectivity index (χ4v) is 5.86. The zero-order chi connectivity index (χ0) is 19.1. The van der Waals surface area contributed by atoms with Crippen molar-refractivity contribution in [3.63, 3.8) is 0 Å². The van der Waals surface area contributed by atoms with E-state index in [9.17, 15) is 13.8 Å². The van der Waals surface area contributed by atoms with E-state index in [4.69, 9.17) is 9.15 Å². The van der Waals surface area contributed by atoms with Crippen molar-refractivity contribution in [3.8, 4) is 0 Å². The molecule has 27 heavy (non-hydrogen) atoms. The highest BCUT2D eigenvalue weighted by Gasteiger charge is 2.42. The summed E-state index contributed by atoms with van der Waals surface area (Å²) in [5.41, 5.74) is -0.334. The van der Waals surface area contributed by atoms with E-state index < -0.39 is 21.2 Å². The average Bonchev–Trinajstić information content (AvgIpc) is 3.32. The van der Waals surface area contributed by atoms with E-state index in [0.29, 0.717) is 44.3 Å². The van der Waals surface area contributed by atoms with Crippen molar-refractivity contribution in [1.82, 2.24) is 9.88 Å². The van der Waals surface area contributed by atoms with Gasteiger partial charge in [0.15, 0.2) is 11.6 Å². The molecule has 0 atom stereocenters. The van der Waals surface area contributed by atoms with Gasteiger partial charge in [-0.2, -0.15) is 4.36 Å². The van der Waals surface area contributed by atoms with Gasteiger partial charge in [-0.3, -0.25) is 9.59 Å². The Balaban J connectivity index is 1.42. The maximum Gasteiger partial charge on any atom is 0.307 e. The van der Waals surface area contributed by atoms with E-state index in [1.165, 1.54) is 19.1 Å². The van der Waals surface area contributed by atoms with E-state index >= 15 is 0 Å². The summed E-state index contributed by atoms with van der Waals surface area (Å²) < 4.78 is 28.3. The van der Waals surface area contributed by atoms with E-state index in [2.05, 4.69) is 9.35 Å². The predicted octanol–water partition coefficient (Wildman–Crippen LogP) is 1.65. The molecule has 1 aromatic rings. The summed E-state index contributed by atoms with van der Waals surface area (Å²) in [6.07, 6.45) is 5.46. The summed E-state index contributed by atoms with van der Waals surface area (Å²) in [4.78, 5) is 30.0. The second kappa shape index (κ2) is 7.01. The van der Waals surface area contributed by atoms with Crippen molar-refractivity contribution in [2.75, 3.05) is 31.2 Å². The van der Waals surface area contributed by atoms with Gasteiger partial charge in [-0.1, -0.05) is 0 Å². The van der Waals surface area contributed by atoms with Crippen LogP contribution in [-0.2, 0) is 25.7 Å². The first-order valence-electron chi connectivity index (χ1n) is 9.47. The minimum atomic E-state index is -2.64. The van der Waals surface area contributed by atoms with Crippen LogP contribution in [0.5, 0.6) is 0 Å². The molecular weight excluding hydrogens is 370 g/mol. The summed E-state index contributed by atoms with van der Waals surface area (Å²) in [7, 11) is -2.64. The molecule has 9 heteroatoms. The van der Waals surface area contributed by atoms with Crippen molar-refractivity contribution < 1.29 is 23.0 Å². The van der Waals surface area contributed by atoms with Crippen LogP contribution in [0.2, 0.25) is 0 Å². The zero-order valence-corrected chi connectivity index (χ0v) is 16.3. The average molecular weight is 395 g/mol. The summed E-state index contributed by atoms with van der Waals surface area (Å²) in [5.74, 6) is 1.19. The quantitative estimate of drug-likeness (QED) is 0.771. The summed E-state index contributed by atoms with van der Waals surface area (Å²) in [5, 5.41) is 0. The Morgan fingerprint density at radius 1 is 1.37 bits per heavy atom. The Morgan fingerprint density at radius 2 is 2.11 bits per heavy atom. The summed E-state index contributed by atoms with van der Waals surface area (Å²) >= 11 is 0. The van der Waals surface area contributed by atoms with E-state index in [-0.39, 0.29) is 23.1 Å². The molecule has 1 saturated carbocycles. The van der Waals surface area contributed by atoms with Gasteiger partial charge in [0.05, 0.1) is 21.9 Å². The highest BCUT2D eigenvalue weighted by Crippen LogP contribution is 2.33. The number of carbonyl (C=O) groups is 2. The Hall–Kier alpha value is -1.74. The molecule has 3 heterocycles. The molecule has 1 aromatic heterocycles. The van der Waals surface area contributed by atoms with Crippen molar-refractivity contribution in [1.29, 1.82) is 0 Å². The van der Waals surface area contributed by atoms with Gasteiger partial charge in [0, 0.05) is 37.9 Å². The van der Waals surface area contributed by atoms with Crippen LogP contribution in [-0.4, -0.2) is 62.7 Å². The number of hydrogen-bond acceptors (Lipinski definition) is 6. The monoisotopic (exact) mass is 395 g/mol. The van der Waals surface area contributed by atoms with Crippen LogP contribution in [0, 0.1) is 5.92 Å². The van der Waals surface area contributed by atoms with Crippen LogP contribution in [0.25, 0.3) is 0 Å². The summed E-state index contributed by atoms with van der Waals surface area (Å²) in [6.45, 7) is 3.14. The number of hydrogen-bond donors (Lipinski definition) is 0. The van der Waals surface area contributed by atoms with Crippen LogP contribution < -0.4 is 0 Å². The molecule has 1 aliphatic carbocycles. The zero-order valence-electron chi connectivity index (χ0n) is 15.5. The van der Waals surface area contributed by atoms with Crippen LogP contribution in [0.3, 0.4) is 0 Å². The number of carbonyl (C=O) groups excluding carboxylic acids is 2. The van der Waals surface area contributed by atoms with E-state index in [0.717, 1.165) is 6.42 Å². The number of amides is 2. The van der Waals surface area contributed by atoms with Gasteiger partial charge in [0.1, 0.15) is 6.26 Å². The number of morpholine rings is 1. The second-order valence-electron chi connectivity index (χ2n) is 7.82. The third kappa shape index (κ3) is 4.24. The van der Waals surface area contributed by atoms with Gasteiger partial charge in [-0.25, -0.2) is 9.19 Å². The third-order valence-corrected chi connectivity index (χ3v) is 7.81. The molecule has 2 saturated heterocycles. The highest BCUT2D eigenvalue weighted by molar-refractivity contribution is 7.93. The molecule has 2 amide bonds. The molecular formula is C18H25N3O5S. The minimum Gasteiger partial charge on any atom is -0.448 e. The summed E-state index contributed by atoms with van der Waals surface area (Å²) in [6, 6.07) is 0. The highest BCUT2D eigenvalue weighted by atomic mass is 32.2. The molecule has 0 aromatic carbocycles. The Kier molecular flexibility index (Phi) is 4.84. The molecule has 148 valence electrons. The lowest BCUT2D eigenvalue weighted by Crippen LogP contribution is -2.56. The van der Waals surface area contributed by atoms with Crippen molar-refractivity contribution in [2.45, 2.75) is 44.6 Å². The number of nitrogens with zero attached hydrogens (tertiary/aromatic N) is 3. The van der Waals surface area contributed by atoms with Crippen LogP contribution >= 0.6 is 0 Å². The van der Waals surface area contributed by atoms with Gasteiger partial charge in [0.25, 0.3) is 0 Å². The molecule has 3 aliphatic rings. The van der Waals surface area contributed by atoms with Gasteiger partial charge in [-0.05, 0) is 31.6 Å². The van der Waals surface area contributed by atoms with Gasteiger partial charge >= 0.3 is 5.91 Å². The first kappa shape index (κ1) is 18.6. The molecule has 0 radical (unpaired) electrons. The van der Waals surface area contributed by atoms with E-state index in [1.807, 2.05) is 0 Å². The standard InChI is InChI=1S/C18H25N3O5S/c1-13(22)21-6-7-26-18(12-21)4-8-27(24,9-5-18)20-17(23)15-11-25-16(19-15)10-14-2-3-14/h11,14H,2-10,12H2,1H3. The number of ether oxygens (including phenoxy) is 1. The number of oxazole rings is 1. The van der Waals surface area contributed by atoms with Crippen LogP contribution in [0.4, 0.5) is 0 Å². The molecule has 1 spiro atoms. The SMILES string of the molecule is CC(=O)N1CCOC2(CCS(=O)(=NC(=O)c3coc(CC4CC4)n3)CC2)C1. The lowest BCUT2D eigenvalue weighted by Gasteiger charge is -2.45. The normalized spacial score (nSPS) is 31.1.